The second kappa shape index (κ2) is 11.5. The average molecular weight is 552 g/mol. The number of halogens is 4. The summed E-state index contributed by atoms with van der Waals surface area (Å²) in [7, 11) is 0. The van der Waals surface area contributed by atoms with Gasteiger partial charge in [0, 0.05) is 24.1 Å². The summed E-state index contributed by atoms with van der Waals surface area (Å²) in [5.74, 6) is -1.77. The van der Waals surface area contributed by atoms with Crippen LogP contribution in [0.5, 0.6) is 0 Å². The van der Waals surface area contributed by atoms with E-state index in [9.17, 15) is 18.4 Å². The van der Waals surface area contributed by atoms with Crippen LogP contribution in [0.15, 0.2) is 42.5 Å². The molecular weight excluding hydrogens is 523 g/mol. The van der Waals surface area contributed by atoms with Crippen molar-refractivity contribution < 1.29 is 18.4 Å². The molecule has 3 rings (SSSR count). The Balaban J connectivity index is 1.85. The van der Waals surface area contributed by atoms with E-state index in [0.29, 0.717) is 27.6 Å². The van der Waals surface area contributed by atoms with Gasteiger partial charge in [0.15, 0.2) is 0 Å². The summed E-state index contributed by atoms with van der Waals surface area (Å²) in [6.45, 7) is 9.64. The molecule has 0 aliphatic rings. The fourth-order valence-corrected chi connectivity index (χ4v) is 3.74. The van der Waals surface area contributed by atoms with Crippen molar-refractivity contribution in [1.82, 2.24) is 14.7 Å². The Bertz CT molecular complexity index is 1300. The first-order valence-electron chi connectivity index (χ1n) is 11.6. The van der Waals surface area contributed by atoms with Crippen molar-refractivity contribution in [3.8, 4) is 5.69 Å². The van der Waals surface area contributed by atoms with Gasteiger partial charge >= 0.3 is 6.03 Å². The largest absolute Gasteiger partial charge is 0.322 e. The second-order valence-corrected chi connectivity index (χ2v) is 10.9. The fourth-order valence-electron chi connectivity index (χ4n) is 3.45. The van der Waals surface area contributed by atoms with Crippen LogP contribution in [0.25, 0.3) is 5.69 Å². The molecule has 1 heterocycles. The molecule has 0 saturated heterocycles. The van der Waals surface area contributed by atoms with Gasteiger partial charge in [-0.1, -0.05) is 57.8 Å². The number of urea groups is 1. The third-order valence-corrected chi connectivity index (χ3v) is 6.01. The van der Waals surface area contributed by atoms with Gasteiger partial charge in [-0.25, -0.2) is 18.3 Å². The summed E-state index contributed by atoms with van der Waals surface area (Å²) in [5, 5.41) is 10.6. The fraction of sp³-hybridized carbons (Fsp3) is 0.346. The lowest BCUT2D eigenvalue weighted by Crippen LogP contribution is -2.42. The molecule has 3 amide bonds. The van der Waals surface area contributed by atoms with E-state index < -0.39 is 23.6 Å². The molecule has 198 valence electrons. The van der Waals surface area contributed by atoms with Gasteiger partial charge in [-0.2, -0.15) is 5.10 Å². The molecule has 37 heavy (non-hydrogen) atoms. The molecule has 3 aromatic rings. The predicted octanol–water partition coefficient (Wildman–Crippen LogP) is 6.88. The molecule has 0 fully saturated rings. The Kier molecular flexibility index (Phi) is 8.81. The molecule has 2 aromatic carbocycles. The number of rotatable bonds is 7. The lowest BCUT2D eigenvalue weighted by Gasteiger charge is -2.24. The highest BCUT2D eigenvalue weighted by Crippen LogP contribution is 2.29. The van der Waals surface area contributed by atoms with Crippen LogP contribution < -0.4 is 10.6 Å². The Morgan fingerprint density at radius 1 is 1.03 bits per heavy atom. The molecular formula is C26H29Cl2F2N5O2. The summed E-state index contributed by atoms with van der Waals surface area (Å²) in [6, 6.07) is 8.88. The first-order chi connectivity index (χ1) is 17.2. The van der Waals surface area contributed by atoms with Crippen molar-refractivity contribution in [2.24, 2.45) is 5.92 Å². The van der Waals surface area contributed by atoms with Gasteiger partial charge in [0.25, 0.3) is 0 Å². The number of benzene rings is 2. The quantitative estimate of drug-likeness (QED) is 0.335. The maximum absolute atomic E-state index is 14.1. The molecule has 7 nitrogen and oxygen atoms in total. The normalized spacial score (nSPS) is 11.5. The lowest BCUT2D eigenvalue weighted by molar-refractivity contribution is -0.116. The summed E-state index contributed by atoms with van der Waals surface area (Å²) in [5.41, 5.74) is 0.804. The maximum atomic E-state index is 14.1. The van der Waals surface area contributed by atoms with E-state index in [0.717, 1.165) is 17.8 Å². The van der Waals surface area contributed by atoms with Crippen molar-refractivity contribution in [2.45, 2.75) is 40.0 Å². The minimum Gasteiger partial charge on any atom is -0.315 e. The number of aromatic nitrogens is 2. The Morgan fingerprint density at radius 2 is 1.73 bits per heavy atom. The molecule has 0 radical (unpaired) electrons. The van der Waals surface area contributed by atoms with Crippen LogP contribution in [0.3, 0.4) is 0 Å². The number of amides is 3. The summed E-state index contributed by atoms with van der Waals surface area (Å²) >= 11 is 12.3. The van der Waals surface area contributed by atoms with Gasteiger partial charge in [-0.05, 0) is 36.2 Å². The summed E-state index contributed by atoms with van der Waals surface area (Å²) in [4.78, 5) is 27.2. The molecule has 0 spiro atoms. The Morgan fingerprint density at radius 3 is 2.32 bits per heavy atom. The highest BCUT2D eigenvalue weighted by atomic mass is 35.5. The van der Waals surface area contributed by atoms with Crippen molar-refractivity contribution >= 4 is 46.6 Å². The second-order valence-electron chi connectivity index (χ2n) is 10.1. The maximum Gasteiger partial charge on any atom is 0.322 e. The zero-order valence-corrected chi connectivity index (χ0v) is 22.7. The molecule has 0 bridgehead atoms. The zero-order valence-electron chi connectivity index (χ0n) is 21.2. The van der Waals surface area contributed by atoms with E-state index in [2.05, 4.69) is 15.7 Å². The number of anilines is 2. The van der Waals surface area contributed by atoms with Crippen LogP contribution in [0.2, 0.25) is 10.0 Å². The van der Waals surface area contributed by atoms with Crippen molar-refractivity contribution in [3.05, 3.63) is 69.8 Å². The van der Waals surface area contributed by atoms with E-state index >= 15 is 0 Å². The number of carbonyl (C=O) groups excluding carboxylic acids is 2. The van der Waals surface area contributed by atoms with E-state index in [1.807, 2.05) is 34.6 Å². The summed E-state index contributed by atoms with van der Waals surface area (Å²) < 4.78 is 28.8. The van der Waals surface area contributed by atoms with Gasteiger partial charge in [-0.3, -0.25) is 4.79 Å². The van der Waals surface area contributed by atoms with Crippen LogP contribution in [-0.2, 0) is 10.2 Å². The lowest BCUT2D eigenvalue weighted by atomic mass is 9.92. The Hall–Kier alpha value is -3.17. The molecule has 0 aliphatic carbocycles. The number of carbonyl (C=O) groups is 2. The standard InChI is InChI=1S/C26H29Cl2F2N5O2/c1-15(2)13-34(25(37)31-21-9-6-16(29)10-20(21)30)14-24(36)32-23-12-22(26(3,4)5)33-35(23)17-7-8-18(27)19(28)11-17/h6-12,15H,13-14H2,1-5H3,(H,31,37)(H,32,36). The van der Waals surface area contributed by atoms with Crippen molar-refractivity contribution in [1.29, 1.82) is 0 Å². The first-order valence-corrected chi connectivity index (χ1v) is 12.4. The highest BCUT2D eigenvalue weighted by Gasteiger charge is 2.24. The SMILES string of the molecule is CC(C)CN(CC(=O)Nc1cc(C(C)(C)C)nn1-c1ccc(Cl)c(Cl)c1)C(=O)Nc1ccc(F)cc1F. The molecule has 0 aliphatic heterocycles. The van der Waals surface area contributed by atoms with Crippen molar-refractivity contribution in [2.75, 3.05) is 23.7 Å². The molecule has 0 saturated carbocycles. The number of hydrogen-bond donors (Lipinski definition) is 2. The minimum absolute atomic E-state index is 0.0193. The number of nitrogens with one attached hydrogen (secondary N) is 2. The van der Waals surface area contributed by atoms with Gasteiger partial charge < -0.3 is 15.5 Å². The van der Waals surface area contributed by atoms with E-state index in [4.69, 9.17) is 23.2 Å². The van der Waals surface area contributed by atoms with Gasteiger partial charge in [0.2, 0.25) is 5.91 Å². The monoisotopic (exact) mass is 551 g/mol. The number of nitrogens with zero attached hydrogens (tertiary/aromatic N) is 3. The predicted molar refractivity (Wildman–Crippen MR) is 143 cm³/mol. The third kappa shape index (κ3) is 7.42. The van der Waals surface area contributed by atoms with Crippen LogP contribution in [0.1, 0.15) is 40.3 Å². The van der Waals surface area contributed by atoms with E-state index in [-0.39, 0.29) is 30.1 Å². The molecule has 11 heteroatoms. The zero-order chi connectivity index (χ0) is 27.5. The van der Waals surface area contributed by atoms with Gasteiger partial charge in [0.05, 0.1) is 27.1 Å². The molecule has 0 atom stereocenters. The van der Waals surface area contributed by atoms with Crippen LogP contribution in [0, 0.1) is 17.6 Å². The van der Waals surface area contributed by atoms with Crippen molar-refractivity contribution in [3.63, 3.8) is 0 Å². The van der Waals surface area contributed by atoms with Crippen LogP contribution in [-0.4, -0.2) is 39.7 Å². The first kappa shape index (κ1) is 28.4. The smallest absolute Gasteiger partial charge is 0.315 e. The van der Waals surface area contributed by atoms with E-state index in [1.54, 1.807) is 28.9 Å². The average Bonchev–Trinajstić information content (AvgIpc) is 3.21. The molecule has 1 aromatic heterocycles. The van der Waals surface area contributed by atoms with E-state index in [1.165, 1.54) is 4.90 Å². The highest BCUT2D eigenvalue weighted by molar-refractivity contribution is 6.42. The molecule has 0 unspecified atom stereocenters. The van der Waals surface area contributed by atoms with Crippen LogP contribution in [0.4, 0.5) is 25.1 Å². The van der Waals surface area contributed by atoms with Crippen LogP contribution >= 0.6 is 23.2 Å². The number of hydrogen-bond acceptors (Lipinski definition) is 3. The summed E-state index contributed by atoms with van der Waals surface area (Å²) in [6.07, 6.45) is 0. The third-order valence-electron chi connectivity index (χ3n) is 5.27. The minimum atomic E-state index is -0.914. The van der Waals surface area contributed by atoms with Gasteiger partial charge in [-0.15, -0.1) is 0 Å². The van der Waals surface area contributed by atoms with Gasteiger partial charge in [0.1, 0.15) is 24.0 Å². The topological polar surface area (TPSA) is 79.3 Å². The Labute approximate surface area is 224 Å². The molecule has 2 N–H and O–H groups in total.